The van der Waals surface area contributed by atoms with Crippen LogP contribution in [0.1, 0.15) is 60.8 Å². The molecule has 1 N–H and O–H groups in total. The summed E-state index contributed by atoms with van der Waals surface area (Å²) >= 11 is 0. The molecule has 1 atom stereocenters. The van der Waals surface area contributed by atoms with Crippen LogP contribution in [0.5, 0.6) is 0 Å². The number of carbonyl (C=O) groups excluding carboxylic acids is 1. The summed E-state index contributed by atoms with van der Waals surface area (Å²) in [5, 5.41) is 3.26. The lowest BCUT2D eigenvalue weighted by Crippen LogP contribution is -2.30. The van der Waals surface area contributed by atoms with Crippen molar-refractivity contribution in [2.24, 2.45) is 11.3 Å². The molecule has 2 aromatic carbocycles. The van der Waals surface area contributed by atoms with Crippen molar-refractivity contribution in [2.45, 2.75) is 65.3 Å². The molecule has 1 amide bonds. The standard InChI is InChI=1S/C26H31FN2O/c1-17-12-22(29-11-8-19-14-21(27)7-6-20(19)16-29)13-18(2)24(17)28-25(30)23-15-26(23)9-4-3-5-10-26/h6-7,12-14,23H,3-5,8-11,15-16H2,1-2H3,(H,28,30). The Morgan fingerprint density at radius 1 is 1.07 bits per heavy atom. The molecule has 1 aliphatic heterocycles. The summed E-state index contributed by atoms with van der Waals surface area (Å²) in [5.74, 6) is 0.264. The van der Waals surface area contributed by atoms with Crippen LogP contribution in [0, 0.1) is 31.0 Å². The van der Waals surface area contributed by atoms with E-state index in [-0.39, 0.29) is 17.6 Å². The minimum Gasteiger partial charge on any atom is -0.367 e. The number of amides is 1. The topological polar surface area (TPSA) is 32.3 Å². The Hall–Kier alpha value is -2.36. The SMILES string of the molecule is Cc1cc(N2CCc3cc(F)ccc3C2)cc(C)c1NC(=O)C1CC12CCCCC2. The van der Waals surface area contributed by atoms with Gasteiger partial charge in [-0.1, -0.05) is 25.3 Å². The maximum atomic E-state index is 13.5. The van der Waals surface area contributed by atoms with Gasteiger partial charge in [0.05, 0.1) is 0 Å². The summed E-state index contributed by atoms with van der Waals surface area (Å²) in [7, 11) is 0. The molecular formula is C26H31FN2O. The van der Waals surface area contributed by atoms with E-state index in [1.165, 1.54) is 43.4 Å². The van der Waals surface area contributed by atoms with E-state index in [2.05, 4.69) is 36.2 Å². The maximum Gasteiger partial charge on any atom is 0.228 e. The Labute approximate surface area is 178 Å². The summed E-state index contributed by atoms with van der Waals surface area (Å²) in [6, 6.07) is 9.48. The summed E-state index contributed by atoms with van der Waals surface area (Å²) < 4.78 is 13.5. The van der Waals surface area contributed by atoms with Crippen LogP contribution in [0.3, 0.4) is 0 Å². The highest BCUT2D eigenvalue weighted by molar-refractivity contribution is 5.96. The van der Waals surface area contributed by atoms with Crippen LogP contribution in [0.4, 0.5) is 15.8 Å². The molecule has 2 aliphatic carbocycles. The smallest absolute Gasteiger partial charge is 0.228 e. The number of nitrogens with one attached hydrogen (secondary N) is 1. The molecule has 1 heterocycles. The molecule has 3 nitrogen and oxygen atoms in total. The van der Waals surface area contributed by atoms with E-state index in [0.29, 0.717) is 5.41 Å². The molecular weight excluding hydrogens is 375 g/mol. The van der Waals surface area contributed by atoms with Gasteiger partial charge in [0.2, 0.25) is 5.91 Å². The number of fused-ring (bicyclic) bond motifs is 1. The third-order valence-electron chi connectivity index (χ3n) is 7.67. The molecule has 3 aliphatic rings. The van der Waals surface area contributed by atoms with Gasteiger partial charge in [0.1, 0.15) is 5.82 Å². The first-order chi connectivity index (χ1) is 14.4. The molecule has 0 radical (unpaired) electrons. The van der Waals surface area contributed by atoms with Crippen molar-refractivity contribution < 1.29 is 9.18 Å². The lowest BCUT2D eigenvalue weighted by molar-refractivity contribution is -0.118. The highest BCUT2D eigenvalue weighted by Crippen LogP contribution is 2.61. The molecule has 2 saturated carbocycles. The Bertz CT molecular complexity index is 970. The first-order valence-electron chi connectivity index (χ1n) is 11.4. The van der Waals surface area contributed by atoms with E-state index in [0.717, 1.165) is 48.3 Å². The van der Waals surface area contributed by atoms with Crippen LogP contribution >= 0.6 is 0 Å². The molecule has 5 rings (SSSR count). The van der Waals surface area contributed by atoms with E-state index in [9.17, 15) is 9.18 Å². The van der Waals surface area contributed by atoms with Crippen LogP contribution in [-0.2, 0) is 17.8 Å². The number of hydrogen-bond acceptors (Lipinski definition) is 2. The fraction of sp³-hybridized carbons (Fsp3) is 0.500. The zero-order valence-electron chi connectivity index (χ0n) is 18.1. The minimum absolute atomic E-state index is 0.153. The van der Waals surface area contributed by atoms with Gasteiger partial charge in [-0.3, -0.25) is 4.79 Å². The molecule has 1 spiro atoms. The van der Waals surface area contributed by atoms with Crippen LogP contribution in [-0.4, -0.2) is 12.5 Å². The normalized spacial score (nSPS) is 22.0. The van der Waals surface area contributed by atoms with Gasteiger partial charge in [-0.25, -0.2) is 4.39 Å². The third kappa shape index (κ3) is 3.51. The fourth-order valence-corrected chi connectivity index (χ4v) is 5.80. The molecule has 1 unspecified atom stereocenters. The number of aryl methyl sites for hydroxylation is 2. The monoisotopic (exact) mass is 406 g/mol. The fourth-order valence-electron chi connectivity index (χ4n) is 5.80. The summed E-state index contributed by atoms with van der Waals surface area (Å²) in [6.07, 6.45) is 8.26. The van der Waals surface area contributed by atoms with Gasteiger partial charge >= 0.3 is 0 Å². The van der Waals surface area contributed by atoms with E-state index < -0.39 is 0 Å². The molecule has 158 valence electrons. The van der Waals surface area contributed by atoms with Crippen LogP contribution < -0.4 is 10.2 Å². The van der Waals surface area contributed by atoms with Crippen molar-refractivity contribution >= 4 is 17.3 Å². The van der Waals surface area contributed by atoms with E-state index in [1.807, 2.05) is 6.07 Å². The van der Waals surface area contributed by atoms with Crippen molar-refractivity contribution in [3.8, 4) is 0 Å². The molecule has 0 aromatic heterocycles. The van der Waals surface area contributed by atoms with Crippen LogP contribution in [0.15, 0.2) is 30.3 Å². The van der Waals surface area contributed by atoms with Gasteiger partial charge in [0.15, 0.2) is 0 Å². The van der Waals surface area contributed by atoms with E-state index >= 15 is 0 Å². The van der Waals surface area contributed by atoms with Gasteiger partial charge in [-0.15, -0.1) is 0 Å². The predicted octanol–water partition coefficient (Wildman–Crippen LogP) is 5.91. The number of nitrogens with zero attached hydrogens (tertiary/aromatic N) is 1. The van der Waals surface area contributed by atoms with Crippen molar-refractivity contribution in [3.63, 3.8) is 0 Å². The second kappa shape index (κ2) is 7.40. The van der Waals surface area contributed by atoms with E-state index in [1.54, 1.807) is 12.1 Å². The predicted molar refractivity (Wildman–Crippen MR) is 119 cm³/mol. The van der Waals surface area contributed by atoms with Gasteiger partial charge in [-0.05, 0) is 91.5 Å². The second-order valence-corrected chi connectivity index (χ2v) is 9.71. The number of benzene rings is 2. The van der Waals surface area contributed by atoms with Crippen LogP contribution in [0.2, 0.25) is 0 Å². The zero-order chi connectivity index (χ0) is 20.9. The first-order valence-corrected chi connectivity index (χ1v) is 11.4. The number of halogens is 1. The maximum absolute atomic E-state index is 13.5. The summed E-state index contributed by atoms with van der Waals surface area (Å²) in [4.78, 5) is 15.3. The lowest BCUT2D eigenvalue weighted by Gasteiger charge is -2.31. The Balaban J connectivity index is 1.31. The average Bonchev–Trinajstić information content (AvgIpc) is 3.43. The van der Waals surface area contributed by atoms with Gasteiger partial charge in [0, 0.05) is 30.4 Å². The second-order valence-electron chi connectivity index (χ2n) is 9.71. The first kappa shape index (κ1) is 19.6. The number of carbonyl (C=O) groups is 1. The number of hydrogen-bond donors (Lipinski definition) is 1. The summed E-state index contributed by atoms with van der Waals surface area (Å²) in [6.45, 7) is 5.85. The number of anilines is 2. The zero-order valence-corrected chi connectivity index (χ0v) is 18.1. The summed E-state index contributed by atoms with van der Waals surface area (Å²) in [5.41, 5.74) is 6.99. The Morgan fingerprint density at radius 3 is 2.53 bits per heavy atom. The molecule has 0 bridgehead atoms. The molecule has 0 saturated heterocycles. The van der Waals surface area contributed by atoms with E-state index in [4.69, 9.17) is 0 Å². The van der Waals surface area contributed by atoms with Crippen molar-refractivity contribution in [2.75, 3.05) is 16.8 Å². The third-order valence-corrected chi connectivity index (χ3v) is 7.67. The average molecular weight is 407 g/mol. The van der Waals surface area contributed by atoms with Crippen LogP contribution in [0.25, 0.3) is 0 Å². The molecule has 2 aromatic rings. The molecule has 4 heteroatoms. The lowest BCUT2D eigenvalue weighted by atomic mass is 9.84. The van der Waals surface area contributed by atoms with Gasteiger partial charge < -0.3 is 10.2 Å². The molecule has 30 heavy (non-hydrogen) atoms. The molecule has 2 fully saturated rings. The quantitative estimate of drug-likeness (QED) is 0.687. The van der Waals surface area contributed by atoms with Gasteiger partial charge in [0.25, 0.3) is 0 Å². The van der Waals surface area contributed by atoms with Crippen molar-refractivity contribution in [1.82, 2.24) is 0 Å². The van der Waals surface area contributed by atoms with Crippen molar-refractivity contribution in [3.05, 3.63) is 58.4 Å². The number of rotatable bonds is 3. The van der Waals surface area contributed by atoms with Crippen molar-refractivity contribution in [1.29, 1.82) is 0 Å². The Kier molecular flexibility index (Phi) is 4.83. The minimum atomic E-state index is -0.153. The Morgan fingerprint density at radius 2 is 1.80 bits per heavy atom. The highest BCUT2D eigenvalue weighted by atomic mass is 19.1. The highest BCUT2D eigenvalue weighted by Gasteiger charge is 2.57. The van der Waals surface area contributed by atoms with Gasteiger partial charge in [-0.2, -0.15) is 0 Å². The largest absolute Gasteiger partial charge is 0.367 e.